The van der Waals surface area contributed by atoms with Crippen LogP contribution in [0.1, 0.15) is 45.8 Å². The Kier molecular flexibility index (Phi) is 4.41. The quantitative estimate of drug-likeness (QED) is 0.757. The SMILES string of the molecule is C[C@H]1OCc2c1c(N)nc1ccc(C(=O)N(C)Cc3ccc(C#N)cn3)cc21. The zero-order valence-corrected chi connectivity index (χ0v) is 15.6. The van der Waals surface area contributed by atoms with Crippen LogP contribution in [0.5, 0.6) is 0 Å². The first-order valence-corrected chi connectivity index (χ1v) is 8.92. The van der Waals surface area contributed by atoms with Crippen molar-refractivity contribution < 1.29 is 9.53 Å². The van der Waals surface area contributed by atoms with E-state index in [9.17, 15) is 4.79 Å². The van der Waals surface area contributed by atoms with E-state index in [0.717, 1.165) is 22.0 Å². The minimum absolute atomic E-state index is 0.101. The summed E-state index contributed by atoms with van der Waals surface area (Å²) in [5.74, 6) is 0.362. The van der Waals surface area contributed by atoms with E-state index in [0.29, 0.717) is 35.8 Å². The Hall–Kier alpha value is -3.50. The summed E-state index contributed by atoms with van der Waals surface area (Å²) in [6, 6.07) is 10.9. The molecule has 140 valence electrons. The molecule has 1 aromatic carbocycles. The molecule has 28 heavy (non-hydrogen) atoms. The van der Waals surface area contributed by atoms with Crippen LogP contribution in [0.15, 0.2) is 36.5 Å². The number of carbonyl (C=O) groups is 1. The third-order valence-electron chi connectivity index (χ3n) is 4.99. The average Bonchev–Trinajstić information content (AvgIpc) is 3.10. The average molecular weight is 373 g/mol. The smallest absolute Gasteiger partial charge is 0.253 e. The van der Waals surface area contributed by atoms with Crippen molar-refractivity contribution >= 4 is 22.6 Å². The molecule has 3 aromatic rings. The first-order valence-electron chi connectivity index (χ1n) is 8.92. The molecule has 7 heteroatoms. The molecule has 0 saturated carbocycles. The molecule has 2 aromatic heterocycles. The number of benzene rings is 1. The first-order chi connectivity index (χ1) is 13.5. The maximum absolute atomic E-state index is 12.9. The molecule has 2 N–H and O–H groups in total. The topological polar surface area (TPSA) is 105 Å². The second-order valence-electron chi connectivity index (χ2n) is 6.89. The van der Waals surface area contributed by atoms with E-state index >= 15 is 0 Å². The molecule has 0 bridgehead atoms. The maximum atomic E-state index is 12.9. The van der Waals surface area contributed by atoms with Gasteiger partial charge < -0.3 is 15.4 Å². The van der Waals surface area contributed by atoms with E-state index < -0.39 is 0 Å². The summed E-state index contributed by atoms with van der Waals surface area (Å²) in [5.41, 5.74) is 10.5. The van der Waals surface area contributed by atoms with Gasteiger partial charge in [0.15, 0.2) is 0 Å². The highest BCUT2D eigenvalue weighted by Crippen LogP contribution is 2.38. The van der Waals surface area contributed by atoms with E-state index in [2.05, 4.69) is 9.97 Å². The number of nitrogen functional groups attached to an aromatic ring is 1. The fourth-order valence-electron chi connectivity index (χ4n) is 3.52. The van der Waals surface area contributed by atoms with Crippen LogP contribution in [-0.2, 0) is 17.9 Å². The van der Waals surface area contributed by atoms with Crippen molar-refractivity contribution in [1.82, 2.24) is 14.9 Å². The predicted molar refractivity (Wildman–Crippen MR) is 104 cm³/mol. The summed E-state index contributed by atoms with van der Waals surface area (Å²) in [4.78, 5) is 23.2. The summed E-state index contributed by atoms with van der Waals surface area (Å²) in [6.07, 6.45) is 1.40. The number of hydrogen-bond acceptors (Lipinski definition) is 6. The van der Waals surface area contributed by atoms with Crippen molar-refractivity contribution in [3.8, 4) is 6.07 Å². The Morgan fingerprint density at radius 3 is 2.93 bits per heavy atom. The van der Waals surface area contributed by atoms with Gasteiger partial charge in [-0.15, -0.1) is 0 Å². The molecule has 0 unspecified atom stereocenters. The van der Waals surface area contributed by atoms with Crippen LogP contribution >= 0.6 is 0 Å². The van der Waals surface area contributed by atoms with Crippen molar-refractivity contribution in [2.24, 2.45) is 0 Å². The number of nitriles is 1. The number of anilines is 1. The Morgan fingerprint density at radius 2 is 2.21 bits per heavy atom. The largest absolute Gasteiger partial charge is 0.383 e. The fourth-order valence-corrected chi connectivity index (χ4v) is 3.52. The number of carbonyl (C=O) groups excluding carboxylic acids is 1. The van der Waals surface area contributed by atoms with Gasteiger partial charge in [-0.2, -0.15) is 5.26 Å². The lowest BCUT2D eigenvalue weighted by Crippen LogP contribution is -2.26. The normalized spacial score (nSPS) is 15.2. The van der Waals surface area contributed by atoms with Crippen LogP contribution in [0.3, 0.4) is 0 Å². The summed E-state index contributed by atoms with van der Waals surface area (Å²) in [5, 5.41) is 9.75. The fraction of sp³-hybridized carbons (Fsp3) is 0.238. The van der Waals surface area contributed by atoms with Gasteiger partial charge in [-0.25, -0.2) is 4.98 Å². The lowest BCUT2D eigenvalue weighted by atomic mass is 10.00. The summed E-state index contributed by atoms with van der Waals surface area (Å²) < 4.78 is 5.71. The Balaban J connectivity index is 1.64. The van der Waals surface area contributed by atoms with Gasteiger partial charge in [0.1, 0.15) is 11.9 Å². The number of aromatic nitrogens is 2. The highest BCUT2D eigenvalue weighted by molar-refractivity contribution is 5.99. The van der Waals surface area contributed by atoms with E-state index in [4.69, 9.17) is 15.7 Å². The second-order valence-corrected chi connectivity index (χ2v) is 6.89. The molecule has 0 saturated heterocycles. The Morgan fingerprint density at radius 1 is 1.39 bits per heavy atom. The highest BCUT2D eigenvalue weighted by atomic mass is 16.5. The number of ether oxygens (including phenoxy) is 1. The van der Waals surface area contributed by atoms with Crippen molar-refractivity contribution in [2.45, 2.75) is 26.2 Å². The Bertz CT molecular complexity index is 1120. The molecule has 0 spiro atoms. The standard InChI is InChI=1S/C21H19N5O2/c1-12-19-17(11-28-12)16-7-14(4-6-18(16)25-20(19)23)21(27)26(2)10-15-5-3-13(8-22)9-24-15/h3-7,9,12H,10-11H2,1-2H3,(H2,23,25)/t12-/m1/s1. The molecule has 4 rings (SSSR count). The van der Waals surface area contributed by atoms with Crippen molar-refractivity contribution in [1.29, 1.82) is 5.26 Å². The number of amides is 1. The van der Waals surface area contributed by atoms with E-state index in [1.54, 1.807) is 30.1 Å². The van der Waals surface area contributed by atoms with Gasteiger partial charge in [-0.3, -0.25) is 9.78 Å². The van der Waals surface area contributed by atoms with E-state index in [-0.39, 0.29) is 12.0 Å². The van der Waals surface area contributed by atoms with Gasteiger partial charge >= 0.3 is 0 Å². The molecule has 0 aliphatic carbocycles. The zero-order valence-electron chi connectivity index (χ0n) is 15.6. The molecular formula is C21H19N5O2. The van der Waals surface area contributed by atoms with Crippen LogP contribution < -0.4 is 5.73 Å². The molecule has 1 amide bonds. The lowest BCUT2D eigenvalue weighted by molar-refractivity contribution is 0.0782. The summed E-state index contributed by atoms with van der Waals surface area (Å²) >= 11 is 0. The van der Waals surface area contributed by atoms with Gasteiger partial charge in [0, 0.05) is 29.8 Å². The van der Waals surface area contributed by atoms with Gasteiger partial charge in [0.25, 0.3) is 5.91 Å². The summed E-state index contributed by atoms with van der Waals surface area (Å²) in [7, 11) is 1.73. The minimum atomic E-state index is -0.120. The third-order valence-corrected chi connectivity index (χ3v) is 4.99. The molecular weight excluding hydrogens is 354 g/mol. The van der Waals surface area contributed by atoms with E-state index in [1.165, 1.54) is 6.20 Å². The van der Waals surface area contributed by atoms with Crippen molar-refractivity contribution in [3.63, 3.8) is 0 Å². The van der Waals surface area contributed by atoms with Crippen LogP contribution in [0.2, 0.25) is 0 Å². The first kappa shape index (κ1) is 17.9. The number of nitrogens with two attached hydrogens (primary N) is 1. The van der Waals surface area contributed by atoms with Crippen LogP contribution in [0.25, 0.3) is 10.9 Å². The number of fused-ring (bicyclic) bond motifs is 3. The molecule has 1 aliphatic heterocycles. The Labute approximate surface area is 162 Å². The highest BCUT2D eigenvalue weighted by Gasteiger charge is 2.26. The van der Waals surface area contributed by atoms with E-state index in [1.807, 2.05) is 25.1 Å². The lowest BCUT2D eigenvalue weighted by Gasteiger charge is -2.17. The van der Waals surface area contributed by atoms with Crippen molar-refractivity contribution in [2.75, 3.05) is 12.8 Å². The molecule has 1 aliphatic rings. The maximum Gasteiger partial charge on any atom is 0.253 e. The monoisotopic (exact) mass is 373 g/mol. The predicted octanol–water partition coefficient (Wildman–Crippen LogP) is 2.95. The van der Waals surface area contributed by atoms with Gasteiger partial charge in [0.05, 0.1) is 36.0 Å². The number of rotatable bonds is 3. The molecule has 0 fully saturated rings. The number of hydrogen-bond donors (Lipinski definition) is 1. The van der Waals surface area contributed by atoms with Gasteiger partial charge in [0.2, 0.25) is 0 Å². The molecule has 0 radical (unpaired) electrons. The van der Waals surface area contributed by atoms with Crippen molar-refractivity contribution in [3.05, 3.63) is 64.5 Å². The van der Waals surface area contributed by atoms with Crippen LogP contribution in [0.4, 0.5) is 5.82 Å². The molecule has 7 nitrogen and oxygen atoms in total. The van der Waals surface area contributed by atoms with Crippen LogP contribution in [0, 0.1) is 11.3 Å². The van der Waals surface area contributed by atoms with Gasteiger partial charge in [-0.05, 0) is 42.8 Å². The van der Waals surface area contributed by atoms with Gasteiger partial charge in [-0.1, -0.05) is 0 Å². The number of nitrogens with zero attached hydrogens (tertiary/aromatic N) is 4. The minimum Gasteiger partial charge on any atom is -0.383 e. The third kappa shape index (κ3) is 3.04. The number of pyridine rings is 2. The zero-order chi connectivity index (χ0) is 19.8. The van der Waals surface area contributed by atoms with Crippen LogP contribution in [-0.4, -0.2) is 27.8 Å². The second kappa shape index (κ2) is 6.91. The molecule has 1 atom stereocenters. The molecule has 3 heterocycles. The summed E-state index contributed by atoms with van der Waals surface area (Å²) in [6.45, 7) is 2.76.